The van der Waals surface area contributed by atoms with Gasteiger partial charge in [-0.3, -0.25) is 5.32 Å². The Bertz CT molecular complexity index is 725. The zero-order valence-electron chi connectivity index (χ0n) is 14.1. The van der Waals surface area contributed by atoms with Crippen molar-refractivity contribution in [2.75, 3.05) is 11.9 Å². The molecule has 0 aliphatic carbocycles. The Morgan fingerprint density at radius 2 is 1.72 bits per heavy atom. The van der Waals surface area contributed by atoms with Crippen LogP contribution in [0, 0.1) is 0 Å². The summed E-state index contributed by atoms with van der Waals surface area (Å²) in [6, 6.07) is 15.4. The lowest BCUT2D eigenvalue weighted by Crippen LogP contribution is -2.18. The van der Waals surface area contributed by atoms with E-state index in [0.717, 1.165) is 6.42 Å². The fraction of sp³-hybridized carbons (Fsp3) is 0.200. The molecule has 5 nitrogen and oxygen atoms in total. The number of nitrogens with one attached hydrogen (secondary N) is 1. The molecule has 0 atom stereocenters. The number of amides is 1. The maximum atomic E-state index is 12.2. The quantitative estimate of drug-likeness (QED) is 0.446. The molecule has 5 heteroatoms. The first-order valence-corrected chi connectivity index (χ1v) is 8.15. The van der Waals surface area contributed by atoms with Gasteiger partial charge in [0.2, 0.25) is 0 Å². The van der Waals surface area contributed by atoms with Crippen LogP contribution in [0.25, 0.3) is 0 Å². The van der Waals surface area contributed by atoms with Gasteiger partial charge < -0.3 is 9.47 Å². The second-order valence-corrected chi connectivity index (χ2v) is 5.18. The average molecular weight is 339 g/mol. The van der Waals surface area contributed by atoms with Crippen molar-refractivity contribution in [1.82, 2.24) is 0 Å². The van der Waals surface area contributed by atoms with Crippen molar-refractivity contribution in [3.63, 3.8) is 0 Å². The summed E-state index contributed by atoms with van der Waals surface area (Å²) in [7, 11) is 0. The van der Waals surface area contributed by atoms with E-state index in [-0.39, 0.29) is 17.9 Å². The van der Waals surface area contributed by atoms with Crippen molar-refractivity contribution >= 4 is 17.7 Å². The Hall–Kier alpha value is -3.08. The van der Waals surface area contributed by atoms with E-state index < -0.39 is 12.1 Å². The molecule has 1 amide bonds. The van der Waals surface area contributed by atoms with Crippen LogP contribution in [-0.4, -0.2) is 18.7 Å². The number of carbonyl (C=O) groups excluding carboxylic acids is 2. The van der Waals surface area contributed by atoms with Gasteiger partial charge in [-0.15, -0.1) is 0 Å². The maximum Gasteiger partial charge on any atom is 0.417 e. The van der Waals surface area contributed by atoms with E-state index in [9.17, 15) is 9.59 Å². The zero-order valence-corrected chi connectivity index (χ0v) is 14.1. The zero-order chi connectivity index (χ0) is 17.9. The van der Waals surface area contributed by atoms with Gasteiger partial charge in [-0.05, 0) is 37.1 Å². The van der Waals surface area contributed by atoms with Crippen molar-refractivity contribution in [2.24, 2.45) is 0 Å². The van der Waals surface area contributed by atoms with Gasteiger partial charge in [-0.25, -0.2) is 9.59 Å². The van der Waals surface area contributed by atoms with Gasteiger partial charge in [-0.2, -0.15) is 0 Å². The molecular weight excluding hydrogens is 318 g/mol. The number of carbonyl (C=O) groups is 2. The summed E-state index contributed by atoms with van der Waals surface area (Å²) in [5, 5.41) is 2.60. The molecule has 0 bridgehead atoms. The highest BCUT2D eigenvalue weighted by atomic mass is 16.6. The van der Waals surface area contributed by atoms with Crippen LogP contribution in [-0.2, 0) is 4.74 Å². The predicted octanol–water partition coefficient (Wildman–Crippen LogP) is 4.81. The Balaban J connectivity index is 1.96. The van der Waals surface area contributed by atoms with Crippen LogP contribution in [0.2, 0.25) is 0 Å². The number of allylic oxidation sites excluding steroid dienone is 1. The smallest absolute Gasteiger partial charge is 0.417 e. The van der Waals surface area contributed by atoms with Crippen molar-refractivity contribution in [3.8, 4) is 5.75 Å². The number of ether oxygens (including phenoxy) is 2. The second-order valence-electron chi connectivity index (χ2n) is 5.18. The first-order valence-electron chi connectivity index (χ1n) is 8.15. The molecule has 2 aromatic rings. The molecule has 2 aromatic carbocycles. The van der Waals surface area contributed by atoms with Crippen LogP contribution in [0.1, 0.15) is 30.1 Å². The molecule has 2 rings (SSSR count). The molecule has 0 aliphatic rings. The summed E-state index contributed by atoms with van der Waals surface area (Å²) < 4.78 is 10.5. The molecule has 0 radical (unpaired) electrons. The topological polar surface area (TPSA) is 64.6 Å². The summed E-state index contributed by atoms with van der Waals surface area (Å²) >= 11 is 0. The summed E-state index contributed by atoms with van der Waals surface area (Å²) in [4.78, 5) is 24.2. The standard InChI is InChI=1S/C20H21NO4/c1-2-3-4-10-15-24-19(22)17-13-8-9-14-18(17)25-20(23)21-16-11-6-5-7-12-16/h3-9,11-14H,2,10,15H2,1H3,(H,21,23)/b4-3-. The highest BCUT2D eigenvalue weighted by Crippen LogP contribution is 2.20. The van der Waals surface area contributed by atoms with Gasteiger partial charge in [-0.1, -0.05) is 49.4 Å². The van der Waals surface area contributed by atoms with E-state index in [1.165, 1.54) is 0 Å². The Labute approximate surface area is 147 Å². The van der Waals surface area contributed by atoms with E-state index in [0.29, 0.717) is 12.1 Å². The van der Waals surface area contributed by atoms with Crippen LogP contribution in [0.5, 0.6) is 5.75 Å². The molecule has 0 fully saturated rings. The Morgan fingerprint density at radius 3 is 2.48 bits per heavy atom. The van der Waals surface area contributed by atoms with E-state index in [2.05, 4.69) is 5.32 Å². The lowest BCUT2D eigenvalue weighted by molar-refractivity contribution is 0.0509. The van der Waals surface area contributed by atoms with Gasteiger partial charge in [0.15, 0.2) is 0 Å². The summed E-state index contributed by atoms with van der Waals surface area (Å²) in [5.41, 5.74) is 0.820. The molecule has 0 spiro atoms. The van der Waals surface area contributed by atoms with E-state index >= 15 is 0 Å². The number of hydrogen-bond donors (Lipinski definition) is 1. The van der Waals surface area contributed by atoms with Crippen LogP contribution < -0.4 is 10.1 Å². The van der Waals surface area contributed by atoms with Gasteiger partial charge in [0.1, 0.15) is 11.3 Å². The monoisotopic (exact) mass is 339 g/mol. The fourth-order valence-electron chi connectivity index (χ4n) is 2.07. The van der Waals surface area contributed by atoms with E-state index in [4.69, 9.17) is 9.47 Å². The molecule has 0 unspecified atom stereocenters. The van der Waals surface area contributed by atoms with E-state index in [1.54, 1.807) is 48.5 Å². The van der Waals surface area contributed by atoms with Gasteiger partial charge in [0, 0.05) is 5.69 Å². The SMILES string of the molecule is CC/C=C\CCOC(=O)c1ccccc1OC(=O)Nc1ccccc1. The van der Waals surface area contributed by atoms with Crippen LogP contribution >= 0.6 is 0 Å². The molecule has 0 heterocycles. The maximum absolute atomic E-state index is 12.2. The number of benzene rings is 2. The Morgan fingerprint density at radius 1 is 1.00 bits per heavy atom. The largest absolute Gasteiger partial charge is 0.462 e. The molecule has 0 saturated heterocycles. The van der Waals surface area contributed by atoms with Crippen LogP contribution in [0.3, 0.4) is 0 Å². The highest BCUT2D eigenvalue weighted by molar-refractivity contribution is 5.94. The second kappa shape index (κ2) is 9.93. The number of para-hydroxylation sites is 2. The fourth-order valence-corrected chi connectivity index (χ4v) is 2.07. The minimum atomic E-state index is -0.669. The normalized spacial score (nSPS) is 10.4. The minimum Gasteiger partial charge on any atom is -0.462 e. The van der Waals surface area contributed by atoms with E-state index in [1.807, 2.05) is 25.1 Å². The Kier molecular flexibility index (Phi) is 7.25. The number of hydrogen-bond acceptors (Lipinski definition) is 4. The van der Waals surface area contributed by atoms with Crippen LogP contribution in [0.4, 0.5) is 10.5 Å². The third kappa shape index (κ3) is 6.14. The number of esters is 1. The predicted molar refractivity (Wildman–Crippen MR) is 96.9 cm³/mol. The van der Waals surface area contributed by atoms with Crippen molar-refractivity contribution in [3.05, 3.63) is 72.3 Å². The van der Waals surface area contributed by atoms with Gasteiger partial charge >= 0.3 is 12.1 Å². The summed E-state index contributed by atoms with van der Waals surface area (Å²) in [6.45, 7) is 2.32. The van der Waals surface area contributed by atoms with Crippen molar-refractivity contribution < 1.29 is 19.1 Å². The minimum absolute atomic E-state index is 0.157. The molecular formula is C20H21NO4. The third-order valence-corrected chi connectivity index (χ3v) is 3.25. The molecule has 0 aromatic heterocycles. The first-order chi connectivity index (χ1) is 12.2. The van der Waals surface area contributed by atoms with Crippen molar-refractivity contribution in [1.29, 1.82) is 0 Å². The van der Waals surface area contributed by atoms with Gasteiger partial charge in [0.25, 0.3) is 0 Å². The van der Waals surface area contributed by atoms with Crippen LogP contribution in [0.15, 0.2) is 66.7 Å². The van der Waals surface area contributed by atoms with Crippen molar-refractivity contribution in [2.45, 2.75) is 19.8 Å². The third-order valence-electron chi connectivity index (χ3n) is 3.25. The van der Waals surface area contributed by atoms with Gasteiger partial charge in [0.05, 0.1) is 6.61 Å². The lowest BCUT2D eigenvalue weighted by atomic mass is 10.2. The molecule has 130 valence electrons. The molecule has 25 heavy (non-hydrogen) atoms. The average Bonchev–Trinajstić information content (AvgIpc) is 2.62. The molecule has 1 N–H and O–H groups in total. The highest BCUT2D eigenvalue weighted by Gasteiger charge is 2.16. The lowest BCUT2D eigenvalue weighted by Gasteiger charge is -2.10. The number of rotatable bonds is 7. The number of anilines is 1. The molecule has 0 saturated carbocycles. The summed E-state index contributed by atoms with van der Waals surface area (Å²) in [6.07, 6.45) is 4.90. The summed E-state index contributed by atoms with van der Waals surface area (Å²) in [5.74, 6) is -0.363. The molecule has 0 aliphatic heterocycles. The first kappa shape index (κ1) is 18.3.